The smallest absolute Gasteiger partial charge is 0.0639 e. The van der Waals surface area contributed by atoms with Crippen molar-refractivity contribution in [2.75, 3.05) is 7.05 Å². The van der Waals surface area contributed by atoms with Gasteiger partial charge in [-0.25, -0.2) is 0 Å². The molecule has 0 saturated heterocycles. The molecule has 0 fully saturated rings. The molecule has 0 amide bonds. The maximum atomic E-state index is 4.44. The van der Waals surface area contributed by atoms with Gasteiger partial charge in [0.15, 0.2) is 0 Å². The average Bonchev–Trinajstić information content (AvgIpc) is 2.80. The minimum Gasteiger partial charge on any atom is -0.317 e. The van der Waals surface area contributed by atoms with E-state index in [2.05, 4.69) is 47.7 Å². The largest absolute Gasteiger partial charge is 0.317 e. The molecule has 0 aliphatic heterocycles. The molecule has 19 heavy (non-hydrogen) atoms. The van der Waals surface area contributed by atoms with Crippen LogP contribution >= 0.6 is 0 Å². The van der Waals surface area contributed by atoms with E-state index in [0.717, 1.165) is 25.0 Å². The van der Waals surface area contributed by atoms with Crippen molar-refractivity contribution >= 4 is 0 Å². The third-order valence-electron chi connectivity index (χ3n) is 3.50. The van der Waals surface area contributed by atoms with Gasteiger partial charge in [0.05, 0.1) is 5.69 Å². The van der Waals surface area contributed by atoms with Crippen molar-refractivity contribution in [3.05, 3.63) is 53.3 Å². The summed E-state index contributed by atoms with van der Waals surface area (Å²) in [4.78, 5) is 0. The maximum Gasteiger partial charge on any atom is 0.0639 e. The summed E-state index contributed by atoms with van der Waals surface area (Å²) in [5.41, 5.74) is 3.91. The van der Waals surface area contributed by atoms with Crippen LogP contribution in [0.2, 0.25) is 0 Å². The number of rotatable bonds is 6. The van der Waals surface area contributed by atoms with Crippen molar-refractivity contribution in [3.8, 4) is 0 Å². The number of nitrogens with one attached hydrogen (secondary N) is 1. The lowest BCUT2D eigenvalue weighted by Gasteiger charge is -2.15. The molecule has 0 radical (unpaired) electrons. The predicted molar refractivity (Wildman–Crippen MR) is 79.3 cm³/mol. The fraction of sp³-hybridized carbons (Fsp3) is 0.438. The van der Waals surface area contributed by atoms with E-state index in [4.69, 9.17) is 0 Å². The zero-order valence-corrected chi connectivity index (χ0v) is 12.1. The Balaban J connectivity index is 1.89. The van der Waals surface area contributed by atoms with Gasteiger partial charge >= 0.3 is 0 Å². The van der Waals surface area contributed by atoms with E-state index in [-0.39, 0.29) is 0 Å². The van der Waals surface area contributed by atoms with E-state index in [1.807, 2.05) is 25.0 Å². The Hall–Kier alpha value is -1.61. The van der Waals surface area contributed by atoms with Crippen molar-refractivity contribution in [1.29, 1.82) is 0 Å². The Bertz CT molecular complexity index is 516. The molecule has 2 aromatic rings. The summed E-state index contributed by atoms with van der Waals surface area (Å²) in [5, 5.41) is 7.84. The van der Waals surface area contributed by atoms with Gasteiger partial charge < -0.3 is 5.32 Å². The molecular weight excluding hydrogens is 234 g/mol. The van der Waals surface area contributed by atoms with Gasteiger partial charge in [0.1, 0.15) is 0 Å². The van der Waals surface area contributed by atoms with Crippen LogP contribution in [0.4, 0.5) is 0 Å². The van der Waals surface area contributed by atoms with Gasteiger partial charge in [-0.05, 0) is 38.4 Å². The molecule has 102 valence electrons. The number of benzene rings is 1. The molecule has 1 unspecified atom stereocenters. The lowest BCUT2D eigenvalue weighted by atomic mass is 10.0. The Labute approximate surface area is 115 Å². The van der Waals surface area contributed by atoms with Crippen LogP contribution in [0.25, 0.3) is 0 Å². The molecule has 1 heterocycles. The first-order chi connectivity index (χ1) is 9.17. The standard InChI is InChI=1S/C16H23N3/c1-13-5-4-6-14(11-13)7-8-15(17-2)12-16-9-10-19(3)18-16/h4-6,9-11,15,17H,7-8,12H2,1-3H3. The van der Waals surface area contributed by atoms with E-state index in [9.17, 15) is 0 Å². The van der Waals surface area contributed by atoms with E-state index < -0.39 is 0 Å². The molecule has 2 rings (SSSR count). The fourth-order valence-electron chi connectivity index (χ4n) is 2.38. The first-order valence-electron chi connectivity index (χ1n) is 6.88. The maximum absolute atomic E-state index is 4.44. The van der Waals surface area contributed by atoms with Crippen molar-refractivity contribution < 1.29 is 0 Å². The lowest BCUT2D eigenvalue weighted by Crippen LogP contribution is -2.28. The zero-order chi connectivity index (χ0) is 13.7. The Morgan fingerprint density at radius 1 is 1.32 bits per heavy atom. The van der Waals surface area contributed by atoms with Crippen LogP contribution in [0.15, 0.2) is 36.5 Å². The average molecular weight is 257 g/mol. The molecule has 3 heteroatoms. The van der Waals surface area contributed by atoms with E-state index in [1.165, 1.54) is 11.1 Å². The summed E-state index contributed by atoms with van der Waals surface area (Å²) < 4.78 is 1.86. The SMILES string of the molecule is CNC(CCc1cccc(C)c1)Cc1ccn(C)n1. The molecule has 0 saturated carbocycles. The Kier molecular flexibility index (Phi) is 4.74. The molecule has 0 aliphatic rings. The van der Waals surface area contributed by atoms with Crippen LogP contribution < -0.4 is 5.32 Å². The highest BCUT2D eigenvalue weighted by Crippen LogP contribution is 2.10. The zero-order valence-electron chi connectivity index (χ0n) is 12.1. The minimum absolute atomic E-state index is 0.482. The van der Waals surface area contributed by atoms with Gasteiger partial charge in [0.25, 0.3) is 0 Å². The summed E-state index contributed by atoms with van der Waals surface area (Å²) in [7, 11) is 3.99. The topological polar surface area (TPSA) is 29.9 Å². The third-order valence-corrected chi connectivity index (χ3v) is 3.50. The fourth-order valence-corrected chi connectivity index (χ4v) is 2.38. The van der Waals surface area contributed by atoms with Gasteiger partial charge in [-0.1, -0.05) is 29.8 Å². The van der Waals surface area contributed by atoms with E-state index in [0.29, 0.717) is 6.04 Å². The highest BCUT2D eigenvalue weighted by molar-refractivity contribution is 5.22. The first-order valence-corrected chi connectivity index (χ1v) is 6.88. The van der Waals surface area contributed by atoms with Gasteiger partial charge in [0.2, 0.25) is 0 Å². The van der Waals surface area contributed by atoms with Crippen LogP contribution in [0, 0.1) is 6.92 Å². The van der Waals surface area contributed by atoms with Gasteiger partial charge in [-0.3, -0.25) is 4.68 Å². The summed E-state index contributed by atoms with van der Waals surface area (Å²) in [6.07, 6.45) is 5.24. The normalized spacial score (nSPS) is 12.6. The Morgan fingerprint density at radius 3 is 2.79 bits per heavy atom. The highest BCUT2D eigenvalue weighted by atomic mass is 15.2. The Morgan fingerprint density at radius 2 is 2.16 bits per heavy atom. The van der Waals surface area contributed by atoms with Crippen molar-refractivity contribution in [1.82, 2.24) is 15.1 Å². The van der Waals surface area contributed by atoms with Crippen LogP contribution in [-0.2, 0) is 19.9 Å². The molecular formula is C16H23N3. The molecule has 0 aliphatic carbocycles. The van der Waals surface area contributed by atoms with E-state index >= 15 is 0 Å². The number of nitrogens with zero attached hydrogens (tertiary/aromatic N) is 2. The molecule has 3 nitrogen and oxygen atoms in total. The van der Waals surface area contributed by atoms with Crippen molar-refractivity contribution in [2.45, 2.75) is 32.2 Å². The first kappa shape index (κ1) is 13.8. The van der Waals surface area contributed by atoms with Crippen LogP contribution in [0.1, 0.15) is 23.2 Å². The summed E-state index contributed by atoms with van der Waals surface area (Å²) in [6.45, 7) is 2.15. The number of aryl methyl sites for hydroxylation is 3. The van der Waals surface area contributed by atoms with Gasteiger partial charge in [0, 0.05) is 25.7 Å². The van der Waals surface area contributed by atoms with Crippen LogP contribution in [0.3, 0.4) is 0 Å². The van der Waals surface area contributed by atoms with E-state index in [1.54, 1.807) is 0 Å². The molecule has 1 aromatic carbocycles. The van der Waals surface area contributed by atoms with Crippen LogP contribution in [-0.4, -0.2) is 22.9 Å². The summed E-state index contributed by atoms with van der Waals surface area (Å²) >= 11 is 0. The predicted octanol–water partition coefficient (Wildman–Crippen LogP) is 2.49. The molecule has 0 bridgehead atoms. The van der Waals surface area contributed by atoms with Crippen molar-refractivity contribution in [3.63, 3.8) is 0 Å². The minimum atomic E-state index is 0.482. The molecule has 0 spiro atoms. The third kappa shape index (κ3) is 4.21. The monoisotopic (exact) mass is 257 g/mol. The molecule has 1 atom stereocenters. The number of likely N-dealkylation sites (N-methyl/N-ethyl adjacent to an activating group) is 1. The number of hydrogen-bond acceptors (Lipinski definition) is 2. The second-order valence-corrected chi connectivity index (χ2v) is 5.20. The van der Waals surface area contributed by atoms with Crippen molar-refractivity contribution in [2.24, 2.45) is 7.05 Å². The lowest BCUT2D eigenvalue weighted by molar-refractivity contribution is 0.512. The molecule has 1 N–H and O–H groups in total. The van der Waals surface area contributed by atoms with Crippen LogP contribution in [0.5, 0.6) is 0 Å². The second-order valence-electron chi connectivity index (χ2n) is 5.20. The van der Waals surface area contributed by atoms with Gasteiger partial charge in [-0.15, -0.1) is 0 Å². The summed E-state index contributed by atoms with van der Waals surface area (Å²) in [5.74, 6) is 0. The number of aromatic nitrogens is 2. The second kappa shape index (κ2) is 6.53. The molecule has 1 aromatic heterocycles. The quantitative estimate of drug-likeness (QED) is 0.861. The summed E-state index contributed by atoms with van der Waals surface area (Å²) in [6, 6.07) is 11.3. The van der Waals surface area contributed by atoms with Gasteiger partial charge in [-0.2, -0.15) is 5.10 Å². The number of hydrogen-bond donors (Lipinski definition) is 1. The highest BCUT2D eigenvalue weighted by Gasteiger charge is 2.09.